The number of hydrogen-bond acceptors (Lipinski definition) is 3. The Kier molecular flexibility index (Phi) is 8.37. The van der Waals surface area contributed by atoms with Gasteiger partial charge in [-0.3, -0.25) is 0 Å². The van der Waals surface area contributed by atoms with Crippen LogP contribution in [0.2, 0.25) is 0 Å². The number of nitrogens with zero attached hydrogens (tertiary/aromatic N) is 1. The molecule has 2 nitrogen and oxygen atoms in total. The molecule has 12 rings (SSSR count). The van der Waals surface area contributed by atoms with Crippen LogP contribution in [0.15, 0.2) is 156 Å². The fourth-order valence-corrected chi connectivity index (χ4v) is 12.8. The minimum Gasteiger partial charge on any atom is -0.455 e. The Labute approximate surface area is 387 Å². The Balaban J connectivity index is 1.12. The summed E-state index contributed by atoms with van der Waals surface area (Å²) in [6.45, 7) is 23.8. The number of rotatable bonds is 4. The molecule has 10 aromatic rings. The summed E-state index contributed by atoms with van der Waals surface area (Å²) in [7, 11) is 0. The van der Waals surface area contributed by atoms with Crippen LogP contribution in [0.5, 0.6) is 0 Å². The summed E-state index contributed by atoms with van der Waals surface area (Å²) in [5.41, 5.74) is 20.9. The van der Waals surface area contributed by atoms with E-state index >= 15 is 0 Å². The highest BCUT2D eigenvalue weighted by molar-refractivity contribution is 7.26. The zero-order valence-corrected chi connectivity index (χ0v) is 40.0. The van der Waals surface area contributed by atoms with Gasteiger partial charge in [0.25, 0.3) is 0 Å². The van der Waals surface area contributed by atoms with Crippen molar-refractivity contribution >= 4 is 70.5 Å². The summed E-state index contributed by atoms with van der Waals surface area (Å²) in [5, 5.41) is 5.05. The van der Waals surface area contributed by atoms with Crippen LogP contribution in [0.25, 0.3) is 75.5 Å². The molecule has 0 amide bonds. The van der Waals surface area contributed by atoms with Gasteiger partial charge in [0.05, 0.1) is 5.69 Å². The number of thiophene rings is 1. The third-order valence-corrected chi connectivity index (χ3v) is 16.2. The molecule has 0 unspecified atom stereocenters. The second kappa shape index (κ2) is 13.6. The first kappa shape index (κ1) is 40.1. The first-order chi connectivity index (χ1) is 31.0. The minimum absolute atomic E-state index is 0.00262. The fourth-order valence-electron chi connectivity index (χ4n) is 11.4. The van der Waals surface area contributed by atoms with Crippen molar-refractivity contribution in [1.82, 2.24) is 0 Å². The van der Waals surface area contributed by atoms with Crippen LogP contribution in [0, 0.1) is 0 Å². The van der Waals surface area contributed by atoms with Gasteiger partial charge in [-0.05, 0) is 115 Å². The van der Waals surface area contributed by atoms with Crippen LogP contribution >= 0.6 is 11.3 Å². The van der Waals surface area contributed by atoms with Crippen molar-refractivity contribution < 1.29 is 4.42 Å². The quantitative estimate of drug-likeness (QED) is 0.175. The molecule has 2 aromatic heterocycles. The number of benzene rings is 8. The van der Waals surface area contributed by atoms with E-state index < -0.39 is 0 Å². The van der Waals surface area contributed by atoms with Gasteiger partial charge in [0.2, 0.25) is 0 Å². The largest absolute Gasteiger partial charge is 0.455 e. The first-order valence-corrected chi connectivity index (χ1v) is 24.1. The Hall–Kier alpha value is -6.42. The van der Waals surface area contributed by atoms with E-state index in [-0.39, 0.29) is 21.7 Å². The standard InChI is InChI=1S/C62H55NOS/c1-59(2,3)37-33-45-54-53(65-58(45)50(34-37)60(4,5)6)32-31-48-56(54)55-47(62(48,9)10)22-16-23-51(55)63(39-29-30-42-41-17-11-13-21-46(41)61(7,8)49(42)35-39)38-27-25-36(26-28-38)40-19-15-20-44-43-18-12-14-24-52(43)64-57(40)44/h11-35H,1-10H3. The smallest absolute Gasteiger partial charge is 0.143 e. The van der Waals surface area contributed by atoms with Crippen LogP contribution < -0.4 is 4.90 Å². The zero-order valence-electron chi connectivity index (χ0n) is 39.2. The fraction of sp³-hybridized carbons (Fsp3) is 0.226. The van der Waals surface area contributed by atoms with Crippen molar-refractivity contribution in [3.8, 4) is 33.4 Å². The van der Waals surface area contributed by atoms with Crippen molar-refractivity contribution in [2.75, 3.05) is 4.90 Å². The van der Waals surface area contributed by atoms with E-state index in [2.05, 4.69) is 220 Å². The molecule has 0 saturated carbocycles. The maximum absolute atomic E-state index is 6.55. The lowest BCUT2D eigenvalue weighted by atomic mass is 9.79. The summed E-state index contributed by atoms with van der Waals surface area (Å²) in [6, 6.07) is 57.1. The maximum atomic E-state index is 6.55. The molecule has 65 heavy (non-hydrogen) atoms. The van der Waals surface area contributed by atoms with Crippen molar-refractivity contribution in [3.05, 3.63) is 185 Å². The highest BCUT2D eigenvalue weighted by Crippen LogP contribution is 2.59. The van der Waals surface area contributed by atoms with E-state index in [4.69, 9.17) is 4.42 Å². The highest BCUT2D eigenvalue weighted by atomic mass is 32.1. The maximum Gasteiger partial charge on any atom is 0.143 e. The molecule has 0 aliphatic heterocycles. The molecule has 320 valence electrons. The summed E-state index contributed by atoms with van der Waals surface area (Å²) in [6.07, 6.45) is 0. The average molecular weight is 862 g/mol. The first-order valence-electron chi connectivity index (χ1n) is 23.3. The van der Waals surface area contributed by atoms with Crippen molar-refractivity contribution in [2.24, 2.45) is 0 Å². The molecule has 0 fully saturated rings. The monoisotopic (exact) mass is 861 g/mol. The third kappa shape index (κ3) is 5.77. The van der Waals surface area contributed by atoms with Crippen LogP contribution in [-0.2, 0) is 21.7 Å². The number of furan rings is 1. The van der Waals surface area contributed by atoms with E-state index in [0.717, 1.165) is 44.4 Å². The minimum atomic E-state index is -0.208. The predicted molar refractivity (Wildman–Crippen MR) is 279 cm³/mol. The molecule has 0 N–H and O–H groups in total. The van der Waals surface area contributed by atoms with Gasteiger partial charge in [-0.25, -0.2) is 0 Å². The van der Waals surface area contributed by atoms with Crippen LogP contribution in [0.3, 0.4) is 0 Å². The Bertz CT molecular complexity index is 3620. The van der Waals surface area contributed by atoms with Gasteiger partial charge < -0.3 is 9.32 Å². The van der Waals surface area contributed by atoms with Gasteiger partial charge in [-0.2, -0.15) is 0 Å². The molecule has 0 radical (unpaired) electrons. The van der Waals surface area contributed by atoms with Gasteiger partial charge in [-0.15, -0.1) is 11.3 Å². The Morgan fingerprint density at radius 3 is 1.92 bits per heavy atom. The molecule has 8 aromatic carbocycles. The second-order valence-electron chi connectivity index (χ2n) is 21.8. The molecule has 3 heteroatoms. The summed E-state index contributed by atoms with van der Waals surface area (Å²) in [5.74, 6) is 0. The normalized spacial score (nSPS) is 14.9. The summed E-state index contributed by atoms with van der Waals surface area (Å²) < 4.78 is 9.30. The molecule has 2 aliphatic carbocycles. The van der Waals surface area contributed by atoms with Gasteiger partial charge in [0.15, 0.2) is 0 Å². The molecule has 0 saturated heterocycles. The van der Waals surface area contributed by atoms with Crippen LogP contribution in [0.4, 0.5) is 17.1 Å². The van der Waals surface area contributed by atoms with Crippen molar-refractivity contribution in [1.29, 1.82) is 0 Å². The lowest BCUT2D eigenvalue weighted by molar-refractivity contribution is 0.573. The number of anilines is 3. The Morgan fingerprint density at radius 2 is 1.14 bits per heavy atom. The number of para-hydroxylation sites is 2. The molecule has 2 heterocycles. The summed E-state index contributed by atoms with van der Waals surface area (Å²) >= 11 is 1.97. The molecular weight excluding hydrogens is 807 g/mol. The SMILES string of the molecule is CC(C)(C)c1cc(C(C)(C)C)c2sc3ccc4c(c3c2c1)-c1c(N(c2ccc(-c3cccc5c3oc3ccccc35)cc2)c2ccc3c(c2)C(C)(C)c2ccccc2-3)cccc1C4(C)C. The molecule has 0 bridgehead atoms. The van der Waals surface area contributed by atoms with E-state index in [1.165, 1.54) is 81.5 Å². The Morgan fingerprint density at radius 1 is 0.492 bits per heavy atom. The van der Waals surface area contributed by atoms with E-state index in [9.17, 15) is 0 Å². The van der Waals surface area contributed by atoms with E-state index in [1.54, 1.807) is 0 Å². The lowest BCUT2D eigenvalue weighted by Crippen LogP contribution is -2.17. The van der Waals surface area contributed by atoms with E-state index in [1.807, 2.05) is 17.4 Å². The molecular formula is C62H55NOS. The second-order valence-corrected chi connectivity index (χ2v) is 22.8. The van der Waals surface area contributed by atoms with Crippen molar-refractivity contribution in [2.45, 2.75) is 90.9 Å². The average Bonchev–Trinajstić information content (AvgIpc) is 3.98. The van der Waals surface area contributed by atoms with E-state index in [0.29, 0.717) is 0 Å². The van der Waals surface area contributed by atoms with Gasteiger partial charge in [-0.1, -0.05) is 172 Å². The highest BCUT2D eigenvalue weighted by Gasteiger charge is 2.41. The van der Waals surface area contributed by atoms with Gasteiger partial charge >= 0.3 is 0 Å². The van der Waals surface area contributed by atoms with Crippen LogP contribution in [0.1, 0.15) is 103 Å². The number of fused-ring (bicyclic) bond motifs is 13. The zero-order chi connectivity index (χ0) is 44.9. The molecule has 2 aliphatic rings. The third-order valence-electron chi connectivity index (χ3n) is 15.0. The van der Waals surface area contributed by atoms with Crippen LogP contribution in [-0.4, -0.2) is 0 Å². The van der Waals surface area contributed by atoms with Gasteiger partial charge in [0, 0.05) is 64.3 Å². The lowest BCUT2D eigenvalue weighted by Gasteiger charge is -2.30. The predicted octanol–water partition coefficient (Wildman–Crippen LogP) is 18.3. The van der Waals surface area contributed by atoms with Crippen molar-refractivity contribution in [3.63, 3.8) is 0 Å². The number of hydrogen-bond donors (Lipinski definition) is 0. The topological polar surface area (TPSA) is 16.4 Å². The molecule has 0 spiro atoms. The summed E-state index contributed by atoms with van der Waals surface area (Å²) in [4.78, 5) is 2.55. The molecule has 0 atom stereocenters. The van der Waals surface area contributed by atoms with Gasteiger partial charge in [0.1, 0.15) is 11.2 Å².